The number of aromatic nitrogens is 1. The number of rotatable bonds is 4. The summed E-state index contributed by atoms with van der Waals surface area (Å²) in [6.45, 7) is 2.84. The SMILES string of the molecule is O=C(Nc1nccs1)N[C@H]1CCN(Cc2ccccc2)C1. The fourth-order valence-electron chi connectivity index (χ4n) is 2.54. The summed E-state index contributed by atoms with van der Waals surface area (Å²) >= 11 is 1.42. The van der Waals surface area contributed by atoms with Crippen LogP contribution in [0.4, 0.5) is 9.93 Å². The number of urea groups is 1. The van der Waals surface area contributed by atoms with Gasteiger partial charge in [0.15, 0.2) is 5.13 Å². The first-order valence-corrected chi connectivity index (χ1v) is 7.91. The molecule has 5 nitrogen and oxygen atoms in total. The molecule has 2 N–H and O–H groups in total. The molecule has 3 rings (SSSR count). The van der Waals surface area contributed by atoms with E-state index in [-0.39, 0.29) is 12.1 Å². The Morgan fingerprint density at radius 2 is 2.24 bits per heavy atom. The lowest BCUT2D eigenvalue weighted by molar-refractivity contribution is 0.247. The van der Waals surface area contributed by atoms with Crippen LogP contribution in [0.15, 0.2) is 41.9 Å². The minimum absolute atomic E-state index is 0.170. The minimum atomic E-state index is -0.170. The molecule has 1 aliphatic heterocycles. The molecule has 6 heteroatoms. The molecule has 0 unspecified atom stereocenters. The van der Waals surface area contributed by atoms with Crippen LogP contribution >= 0.6 is 11.3 Å². The van der Waals surface area contributed by atoms with Crippen molar-refractivity contribution in [1.82, 2.24) is 15.2 Å². The van der Waals surface area contributed by atoms with Gasteiger partial charge in [0.2, 0.25) is 0 Å². The highest BCUT2D eigenvalue weighted by molar-refractivity contribution is 7.13. The van der Waals surface area contributed by atoms with E-state index in [1.54, 1.807) is 6.20 Å². The molecule has 0 saturated carbocycles. The van der Waals surface area contributed by atoms with E-state index < -0.39 is 0 Å². The molecule has 0 radical (unpaired) electrons. The predicted octanol–water partition coefficient (Wildman–Crippen LogP) is 2.54. The quantitative estimate of drug-likeness (QED) is 0.912. The first-order valence-electron chi connectivity index (χ1n) is 7.03. The number of hydrogen-bond acceptors (Lipinski definition) is 4. The number of amides is 2. The number of carbonyl (C=O) groups excluding carboxylic acids is 1. The second-order valence-corrected chi connectivity index (χ2v) is 6.04. The predicted molar refractivity (Wildman–Crippen MR) is 84.4 cm³/mol. The van der Waals surface area contributed by atoms with Gasteiger partial charge in [0.1, 0.15) is 0 Å². The highest BCUT2D eigenvalue weighted by Crippen LogP contribution is 2.14. The third-order valence-electron chi connectivity index (χ3n) is 3.51. The Hall–Kier alpha value is -1.92. The molecule has 1 atom stereocenters. The lowest BCUT2D eigenvalue weighted by atomic mass is 10.2. The number of carbonyl (C=O) groups is 1. The summed E-state index contributed by atoms with van der Waals surface area (Å²) in [5.74, 6) is 0. The van der Waals surface area contributed by atoms with Gasteiger partial charge in [-0.1, -0.05) is 30.3 Å². The molecule has 0 bridgehead atoms. The number of benzene rings is 1. The third kappa shape index (κ3) is 4.03. The molecule has 21 heavy (non-hydrogen) atoms. The van der Waals surface area contributed by atoms with E-state index in [1.165, 1.54) is 16.9 Å². The molecular weight excluding hydrogens is 284 g/mol. The Morgan fingerprint density at radius 3 is 3.00 bits per heavy atom. The molecular formula is C15H18N4OS. The molecule has 2 heterocycles. The zero-order chi connectivity index (χ0) is 14.5. The van der Waals surface area contributed by atoms with E-state index in [0.29, 0.717) is 5.13 Å². The molecule has 0 aliphatic carbocycles. The topological polar surface area (TPSA) is 57.3 Å². The van der Waals surface area contributed by atoms with Gasteiger partial charge in [0.05, 0.1) is 0 Å². The monoisotopic (exact) mass is 302 g/mol. The molecule has 1 aliphatic rings. The maximum Gasteiger partial charge on any atom is 0.321 e. The molecule has 1 saturated heterocycles. The van der Waals surface area contributed by atoms with Gasteiger partial charge in [-0.15, -0.1) is 11.3 Å². The second kappa shape index (κ2) is 6.69. The Bertz CT molecular complexity index is 573. The third-order valence-corrected chi connectivity index (χ3v) is 4.20. The van der Waals surface area contributed by atoms with Crippen molar-refractivity contribution in [2.24, 2.45) is 0 Å². The Morgan fingerprint density at radius 1 is 1.38 bits per heavy atom. The molecule has 2 aromatic rings. The standard InChI is InChI=1S/C15H18N4OS/c20-14(18-15-16-7-9-21-15)17-13-6-8-19(11-13)10-12-4-2-1-3-5-12/h1-5,7,9,13H,6,8,10-11H2,(H2,16,17,18,20)/t13-/m0/s1. The number of nitrogens with one attached hydrogen (secondary N) is 2. The van der Waals surface area contributed by atoms with Crippen LogP contribution < -0.4 is 10.6 Å². The number of nitrogens with zero attached hydrogens (tertiary/aromatic N) is 2. The van der Waals surface area contributed by atoms with Gasteiger partial charge in [-0.2, -0.15) is 0 Å². The van der Waals surface area contributed by atoms with Crippen LogP contribution in [-0.2, 0) is 6.54 Å². The largest absolute Gasteiger partial charge is 0.334 e. The summed E-state index contributed by atoms with van der Waals surface area (Å²) in [5.41, 5.74) is 1.31. The molecule has 110 valence electrons. The molecule has 1 aromatic carbocycles. The smallest absolute Gasteiger partial charge is 0.321 e. The highest BCUT2D eigenvalue weighted by Gasteiger charge is 2.23. The van der Waals surface area contributed by atoms with Crippen LogP contribution in [0.25, 0.3) is 0 Å². The van der Waals surface area contributed by atoms with Crippen molar-refractivity contribution < 1.29 is 4.79 Å². The number of likely N-dealkylation sites (tertiary alicyclic amines) is 1. The average Bonchev–Trinajstić information content (AvgIpc) is 3.12. The maximum absolute atomic E-state index is 11.9. The molecule has 1 fully saturated rings. The van der Waals surface area contributed by atoms with Crippen LogP contribution in [0.5, 0.6) is 0 Å². The first-order chi connectivity index (χ1) is 10.3. The second-order valence-electron chi connectivity index (χ2n) is 5.14. The summed E-state index contributed by atoms with van der Waals surface area (Å²) in [7, 11) is 0. The summed E-state index contributed by atoms with van der Waals surface area (Å²) < 4.78 is 0. The van der Waals surface area contributed by atoms with Gasteiger partial charge in [0.25, 0.3) is 0 Å². The van der Waals surface area contributed by atoms with Gasteiger partial charge >= 0.3 is 6.03 Å². The average molecular weight is 302 g/mol. The van der Waals surface area contributed by atoms with E-state index >= 15 is 0 Å². The Balaban J connectivity index is 1.45. The minimum Gasteiger partial charge on any atom is -0.334 e. The van der Waals surface area contributed by atoms with E-state index in [9.17, 15) is 4.79 Å². The highest BCUT2D eigenvalue weighted by atomic mass is 32.1. The van der Waals surface area contributed by atoms with Crippen molar-refractivity contribution in [3.05, 3.63) is 47.5 Å². The van der Waals surface area contributed by atoms with Crippen LogP contribution in [-0.4, -0.2) is 35.0 Å². The van der Waals surface area contributed by atoms with E-state index in [4.69, 9.17) is 0 Å². The molecule has 1 aromatic heterocycles. The van der Waals surface area contributed by atoms with E-state index in [2.05, 4.69) is 44.8 Å². The summed E-state index contributed by atoms with van der Waals surface area (Å²) in [6, 6.07) is 10.4. The van der Waals surface area contributed by atoms with Crippen molar-refractivity contribution >= 4 is 22.5 Å². The summed E-state index contributed by atoms with van der Waals surface area (Å²) in [6.07, 6.45) is 2.66. The molecule has 0 spiro atoms. The van der Waals surface area contributed by atoms with Crippen LogP contribution in [0.3, 0.4) is 0 Å². The van der Waals surface area contributed by atoms with Gasteiger partial charge in [-0.25, -0.2) is 9.78 Å². The van der Waals surface area contributed by atoms with Crippen molar-refractivity contribution in [1.29, 1.82) is 0 Å². The summed E-state index contributed by atoms with van der Waals surface area (Å²) in [5, 5.41) is 8.23. The lowest BCUT2D eigenvalue weighted by Crippen LogP contribution is -2.39. The van der Waals surface area contributed by atoms with E-state index in [0.717, 1.165) is 26.1 Å². The van der Waals surface area contributed by atoms with Gasteiger partial charge < -0.3 is 5.32 Å². The van der Waals surface area contributed by atoms with Crippen LogP contribution in [0, 0.1) is 0 Å². The van der Waals surface area contributed by atoms with Crippen molar-refractivity contribution in [2.75, 3.05) is 18.4 Å². The first kappa shape index (κ1) is 14.0. The normalized spacial score (nSPS) is 18.6. The number of hydrogen-bond donors (Lipinski definition) is 2. The number of anilines is 1. The zero-order valence-corrected chi connectivity index (χ0v) is 12.5. The van der Waals surface area contributed by atoms with Gasteiger partial charge in [0, 0.05) is 37.3 Å². The molecule has 2 amide bonds. The summed E-state index contributed by atoms with van der Waals surface area (Å²) in [4.78, 5) is 18.3. The van der Waals surface area contributed by atoms with Gasteiger partial charge in [-0.05, 0) is 12.0 Å². The fourth-order valence-corrected chi connectivity index (χ4v) is 3.06. The zero-order valence-electron chi connectivity index (χ0n) is 11.7. The van der Waals surface area contributed by atoms with Crippen LogP contribution in [0.1, 0.15) is 12.0 Å². The van der Waals surface area contributed by atoms with Crippen molar-refractivity contribution in [2.45, 2.75) is 19.0 Å². The van der Waals surface area contributed by atoms with Gasteiger partial charge in [-0.3, -0.25) is 10.2 Å². The lowest BCUT2D eigenvalue weighted by Gasteiger charge is -2.16. The van der Waals surface area contributed by atoms with E-state index in [1.807, 2.05) is 11.4 Å². The Labute approximate surface area is 128 Å². The fraction of sp³-hybridized carbons (Fsp3) is 0.333. The number of thiazole rings is 1. The van der Waals surface area contributed by atoms with Crippen LogP contribution in [0.2, 0.25) is 0 Å². The Kier molecular flexibility index (Phi) is 4.47. The maximum atomic E-state index is 11.9. The van der Waals surface area contributed by atoms with Crippen molar-refractivity contribution in [3.8, 4) is 0 Å². The van der Waals surface area contributed by atoms with Crippen molar-refractivity contribution in [3.63, 3.8) is 0 Å².